The van der Waals surface area contributed by atoms with Crippen molar-refractivity contribution in [1.29, 1.82) is 0 Å². The van der Waals surface area contributed by atoms with Crippen LogP contribution in [0, 0.1) is 13.8 Å². The number of carbonyl (C=O) groups is 2. The van der Waals surface area contributed by atoms with E-state index in [1.165, 1.54) is 12.1 Å². The molecular formula is C23H22N2O4. The first-order chi connectivity index (χ1) is 13.9. The van der Waals surface area contributed by atoms with Gasteiger partial charge in [0, 0.05) is 23.0 Å². The van der Waals surface area contributed by atoms with Crippen LogP contribution in [0.2, 0.25) is 0 Å². The van der Waals surface area contributed by atoms with Crippen molar-refractivity contribution in [2.24, 2.45) is 0 Å². The van der Waals surface area contributed by atoms with Crippen molar-refractivity contribution in [3.63, 3.8) is 0 Å². The number of amides is 2. The van der Waals surface area contributed by atoms with Gasteiger partial charge in [-0.15, -0.1) is 0 Å². The van der Waals surface area contributed by atoms with E-state index >= 15 is 0 Å². The molecule has 0 spiro atoms. The number of aromatic hydroxyl groups is 1. The number of nitrogens with one attached hydrogen (secondary N) is 2. The van der Waals surface area contributed by atoms with Crippen molar-refractivity contribution in [1.82, 2.24) is 0 Å². The van der Waals surface area contributed by atoms with Gasteiger partial charge in [0.25, 0.3) is 11.8 Å². The number of hydrogen-bond donors (Lipinski definition) is 3. The van der Waals surface area contributed by atoms with E-state index in [1.807, 2.05) is 32.0 Å². The van der Waals surface area contributed by atoms with E-state index in [4.69, 9.17) is 4.74 Å². The standard InChI is InChI=1S/C23H22N2O4/c1-15-6-11-21(12-16(15)2)29-14-22(27)24-18-9-7-17(8-10-18)23(28)25-19-4-3-5-20(26)13-19/h3-13,26H,14H2,1-2H3,(H,24,27)(H,25,28). The molecule has 0 unspecified atom stereocenters. The van der Waals surface area contributed by atoms with Crippen LogP contribution in [-0.2, 0) is 4.79 Å². The van der Waals surface area contributed by atoms with Crippen LogP contribution in [0.5, 0.6) is 11.5 Å². The van der Waals surface area contributed by atoms with E-state index in [2.05, 4.69) is 10.6 Å². The molecule has 6 nitrogen and oxygen atoms in total. The molecule has 3 N–H and O–H groups in total. The van der Waals surface area contributed by atoms with Crippen LogP contribution in [0.25, 0.3) is 0 Å². The van der Waals surface area contributed by atoms with Crippen LogP contribution >= 0.6 is 0 Å². The Kier molecular flexibility index (Phi) is 6.14. The zero-order chi connectivity index (χ0) is 20.8. The van der Waals surface area contributed by atoms with Crippen LogP contribution in [0.1, 0.15) is 21.5 Å². The van der Waals surface area contributed by atoms with Gasteiger partial charge in [0.05, 0.1) is 0 Å². The molecule has 0 atom stereocenters. The Bertz CT molecular complexity index is 1030. The third-order valence-corrected chi connectivity index (χ3v) is 4.38. The molecule has 0 heterocycles. The Hall–Kier alpha value is -3.80. The van der Waals surface area contributed by atoms with Crippen LogP contribution in [0.4, 0.5) is 11.4 Å². The summed E-state index contributed by atoms with van der Waals surface area (Å²) < 4.78 is 5.52. The Balaban J connectivity index is 1.53. The van der Waals surface area contributed by atoms with Crippen LogP contribution in [0.15, 0.2) is 66.7 Å². The summed E-state index contributed by atoms with van der Waals surface area (Å²) in [6, 6.07) is 18.5. The molecule has 0 bridgehead atoms. The number of aryl methyl sites for hydroxylation is 2. The zero-order valence-corrected chi connectivity index (χ0v) is 16.2. The van der Waals surface area contributed by atoms with Crippen molar-refractivity contribution in [3.05, 3.63) is 83.4 Å². The zero-order valence-electron chi connectivity index (χ0n) is 16.2. The highest BCUT2D eigenvalue weighted by Gasteiger charge is 2.08. The number of anilines is 2. The smallest absolute Gasteiger partial charge is 0.262 e. The van der Waals surface area contributed by atoms with Crippen molar-refractivity contribution >= 4 is 23.2 Å². The summed E-state index contributed by atoms with van der Waals surface area (Å²) in [7, 11) is 0. The monoisotopic (exact) mass is 390 g/mol. The van der Waals surface area contributed by atoms with Gasteiger partial charge < -0.3 is 20.5 Å². The first kappa shape index (κ1) is 19.9. The fourth-order valence-electron chi connectivity index (χ4n) is 2.64. The van der Waals surface area contributed by atoms with Gasteiger partial charge in [0.2, 0.25) is 0 Å². The average molecular weight is 390 g/mol. The average Bonchev–Trinajstić information content (AvgIpc) is 2.69. The van der Waals surface area contributed by atoms with Gasteiger partial charge in [-0.2, -0.15) is 0 Å². The molecule has 0 saturated heterocycles. The van der Waals surface area contributed by atoms with E-state index in [0.717, 1.165) is 11.1 Å². The highest BCUT2D eigenvalue weighted by Crippen LogP contribution is 2.18. The third-order valence-electron chi connectivity index (χ3n) is 4.38. The maximum Gasteiger partial charge on any atom is 0.262 e. The third kappa shape index (κ3) is 5.59. The van der Waals surface area contributed by atoms with Crippen molar-refractivity contribution in [3.8, 4) is 11.5 Å². The van der Waals surface area contributed by atoms with Gasteiger partial charge in [0.1, 0.15) is 11.5 Å². The van der Waals surface area contributed by atoms with E-state index in [-0.39, 0.29) is 24.2 Å². The molecular weight excluding hydrogens is 368 g/mol. The Morgan fingerprint density at radius 2 is 1.62 bits per heavy atom. The molecule has 0 saturated carbocycles. The Morgan fingerprint density at radius 3 is 2.31 bits per heavy atom. The van der Waals surface area contributed by atoms with Crippen LogP contribution < -0.4 is 15.4 Å². The summed E-state index contributed by atoms with van der Waals surface area (Å²) in [5, 5.41) is 14.9. The van der Waals surface area contributed by atoms with Crippen LogP contribution in [-0.4, -0.2) is 23.5 Å². The second kappa shape index (κ2) is 8.93. The largest absolute Gasteiger partial charge is 0.508 e. The van der Waals surface area contributed by atoms with E-state index in [0.29, 0.717) is 22.7 Å². The summed E-state index contributed by atoms with van der Waals surface area (Å²) >= 11 is 0. The van der Waals surface area contributed by atoms with Gasteiger partial charge in [-0.05, 0) is 73.5 Å². The number of ether oxygens (including phenoxy) is 1. The van der Waals surface area contributed by atoms with Crippen molar-refractivity contribution in [2.45, 2.75) is 13.8 Å². The Morgan fingerprint density at radius 1 is 0.862 bits per heavy atom. The maximum absolute atomic E-state index is 12.3. The highest BCUT2D eigenvalue weighted by atomic mass is 16.5. The minimum absolute atomic E-state index is 0.0730. The normalized spacial score (nSPS) is 10.3. The predicted molar refractivity (Wildman–Crippen MR) is 113 cm³/mol. The summed E-state index contributed by atoms with van der Waals surface area (Å²) in [6.45, 7) is 3.89. The van der Waals surface area contributed by atoms with Gasteiger partial charge in [-0.3, -0.25) is 9.59 Å². The summed E-state index contributed by atoms with van der Waals surface area (Å²) in [4.78, 5) is 24.4. The second-order valence-corrected chi connectivity index (χ2v) is 6.66. The molecule has 0 aliphatic rings. The molecule has 3 aromatic carbocycles. The summed E-state index contributed by atoms with van der Waals surface area (Å²) in [5.41, 5.74) is 3.75. The fraction of sp³-hybridized carbons (Fsp3) is 0.130. The molecule has 0 aliphatic heterocycles. The molecule has 0 aromatic heterocycles. The molecule has 2 amide bonds. The number of hydrogen-bond acceptors (Lipinski definition) is 4. The van der Waals surface area contributed by atoms with Gasteiger partial charge in [0.15, 0.2) is 6.61 Å². The number of benzene rings is 3. The first-order valence-corrected chi connectivity index (χ1v) is 9.11. The lowest BCUT2D eigenvalue weighted by molar-refractivity contribution is -0.118. The number of phenols is 1. The van der Waals surface area contributed by atoms with E-state index in [9.17, 15) is 14.7 Å². The minimum atomic E-state index is -0.313. The van der Waals surface area contributed by atoms with Crippen LogP contribution in [0.3, 0.4) is 0 Å². The molecule has 29 heavy (non-hydrogen) atoms. The number of carbonyl (C=O) groups excluding carboxylic acids is 2. The summed E-state index contributed by atoms with van der Waals surface area (Å²) in [5.74, 6) is 0.109. The van der Waals surface area contributed by atoms with Gasteiger partial charge >= 0.3 is 0 Å². The van der Waals surface area contributed by atoms with Crippen molar-refractivity contribution in [2.75, 3.05) is 17.2 Å². The lowest BCUT2D eigenvalue weighted by Gasteiger charge is -2.10. The lowest BCUT2D eigenvalue weighted by atomic mass is 10.1. The number of phenolic OH excluding ortho intramolecular Hbond substituents is 1. The second-order valence-electron chi connectivity index (χ2n) is 6.66. The topological polar surface area (TPSA) is 87.7 Å². The fourth-order valence-corrected chi connectivity index (χ4v) is 2.64. The molecule has 6 heteroatoms. The predicted octanol–water partition coefficient (Wildman–Crippen LogP) is 4.28. The molecule has 3 rings (SSSR count). The maximum atomic E-state index is 12.3. The van der Waals surface area contributed by atoms with E-state index in [1.54, 1.807) is 36.4 Å². The molecule has 3 aromatic rings. The quantitative estimate of drug-likeness (QED) is 0.586. The van der Waals surface area contributed by atoms with Gasteiger partial charge in [-0.25, -0.2) is 0 Å². The lowest BCUT2D eigenvalue weighted by Crippen LogP contribution is -2.20. The SMILES string of the molecule is Cc1ccc(OCC(=O)Nc2ccc(C(=O)Nc3cccc(O)c3)cc2)cc1C. The number of rotatable bonds is 6. The summed E-state index contributed by atoms with van der Waals surface area (Å²) in [6.07, 6.45) is 0. The Labute approximate surface area is 169 Å². The molecule has 148 valence electrons. The minimum Gasteiger partial charge on any atom is -0.508 e. The van der Waals surface area contributed by atoms with Crippen molar-refractivity contribution < 1.29 is 19.4 Å². The van der Waals surface area contributed by atoms with E-state index < -0.39 is 0 Å². The molecule has 0 fully saturated rings. The highest BCUT2D eigenvalue weighted by molar-refractivity contribution is 6.04. The molecule has 0 aliphatic carbocycles. The first-order valence-electron chi connectivity index (χ1n) is 9.11. The molecule has 0 radical (unpaired) electrons. The van der Waals surface area contributed by atoms with Gasteiger partial charge in [-0.1, -0.05) is 12.1 Å².